The van der Waals surface area contributed by atoms with Crippen molar-refractivity contribution in [1.29, 1.82) is 0 Å². The summed E-state index contributed by atoms with van der Waals surface area (Å²) in [6.07, 6.45) is 3.78. The van der Waals surface area contributed by atoms with Crippen molar-refractivity contribution in [2.75, 3.05) is 0 Å². The molecule has 1 N–H and O–H groups in total. The number of hydrogen-bond donors (Lipinski definition) is 1. The van der Waals surface area contributed by atoms with Crippen molar-refractivity contribution in [2.24, 2.45) is 40.9 Å². The third-order valence-corrected chi connectivity index (χ3v) is 9.81. The molecule has 0 amide bonds. The van der Waals surface area contributed by atoms with Gasteiger partial charge in [-0.3, -0.25) is 4.79 Å². The zero-order valence-corrected chi connectivity index (χ0v) is 19.2. The van der Waals surface area contributed by atoms with Crippen molar-refractivity contribution in [2.45, 2.75) is 90.1 Å². The number of rotatable bonds is 3. The van der Waals surface area contributed by atoms with E-state index in [1.165, 1.54) is 0 Å². The molecule has 33 heavy (non-hydrogen) atoms. The highest BCUT2D eigenvalue weighted by Crippen LogP contribution is 2.64. The van der Waals surface area contributed by atoms with Gasteiger partial charge in [-0.15, -0.1) is 13.2 Å². The van der Waals surface area contributed by atoms with Crippen LogP contribution in [0.1, 0.15) is 71.6 Å². The van der Waals surface area contributed by atoms with E-state index in [-0.39, 0.29) is 17.1 Å². The van der Waals surface area contributed by atoms with Gasteiger partial charge < -0.3 is 5.11 Å². The summed E-state index contributed by atoms with van der Waals surface area (Å²) in [5.41, 5.74) is -2.16. The number of tetrazole rings is 1. The highest BCUT2D eigenvalue weighted by molar-refractivity contribution is 5.82. The highest BCUT2D eigenvalue weighted by atomic mass is 19.4. The smallest absolute Gasteiger partial charge is 0.390 e. The topological polar surface area (TPSA) is 90.0 Å². The molecule has 8 atom stereocenters. The Morgan fingerprint density at radius 3 is 2.45 bits per heavy atom. The Labute approximate surface area is 190 Å². The van der Waals surface area contributed by atoms with E-state index in [1.807, 2.05) is 6.92 Å². The number of fused-ring (bicyclic) bond motifs is 5. The maximum atomic E-state index is 13.2. The van der Waals surface area contributed by atoms with Gasteiger partial charge in [0.1, 0.15) is 6.54 Å². The molecule has 0 saturated heterocycles. The molecule has 7 nitrogen and oxygen atoms in total. The summed E-state index contributed by atoms with van der Waals surface area (Å²) >= 11 is 0. The van der Waals surface area contributed by atoms with Gasteiger partial charge in [-0.05, 0) is 110 Å². The second-order valence-electron chi connectivity index (χ2n) is 11.6. The van der Waals surface area contributed by atoms with Crippen LogP contribution in [-0.4, -0.2) is 36.3 Å². The van der Waals surface area contributed by atoms with Crippen LogP contribution >= 0.6 is 0 Å². The molecule has 4 aliphatic carbocycles. The molecule has 184 valence electrons. The van der Waals surface area contributed by atoms with Crippen LogP contribution in [-0.2, 0) is 17.6 Å². The number of hydrogen-bond acceptors (Lipinski definition) is 5. The van der Waals surface area contributed by atoms with E-state index < -0.39 is 28.8 Å². The third kappa shape index (κ3) is 3.76. The fraction of sp³-hybridized carbons (Fsp3) is 0.913. The van der Waals surface area contributed by atoms with E-state index in [0.717, 1.165) is 51.4 Å². The Hall–Kier alpha value is -1.71. The van der Waals surface area contributed by atoms with Crippen LogP contribution in [0.3, 0.4) is 0 Å². The molecule has 4 saturated carbocycles. The second-order valence-corrected chi connectivity index (χ2v) is 11.6. The number of carbonyl (C=O) groups is 1. The predicted octanol–water partition coefficient (Wildman–Crippen LogP) is 3.51. The number of halogens is 3. The molecular formula is C23H33F3N4O3. The Morgan fingerprint density at radius 1 is 1.03 bits per heavy atom. The van der Waals surface area contributed by atoms with E-state index in [2.05, 4.69) is 17.4 Å². The molecular weight excluding hydrogens is 437 g/mol. The minimum Gasteiger partial charge on any atom is -0.390 e. The summed E-state index contributed by atoms with van der Waals surface area (Å²) in [6, 6.07) is 0. The molecule has 0 aliphatic heterocycles. The molecule has 4 aliphatic rings. The lowest BCUT2D eigenvalue weighted by Crippen LogP contribution is -2.51. The summed E-state index contributed by atoms with van der Waals surface area (Å²) in [4.78, 5) is 25.2. The average Bonchev–Trinajstić information content (AvgIpc) is 3.26. The maximum Gasteiger partial charge on any atom is 0.510 e. The summed E-state index contributed by atoms with van der Waals surface area (Å²) in [5.74, 6) is 2.39. The summed E-state index contributed by atoms with van der Waals surface area (Å²) in [6.45, 7) is 3.67. The lowest BCUT2D eigenvalue weighted by molar-refractivity contribution is -0.215. The molecule has 0 unspecified atom stereocenters. The maximum absolute atomic E-state index is 13.2. The molecule has 4 fully saturated rings. The van der Waals surface area contributed by atoms with Crippen molar-refractivity contribution in [3.05, 3.63) is 10.5 Å². The first-order chi connectivity index (χ1) is 15.4. The van der Waals surface area contributed by atoms with Crippen molar-refractivity contribution >= 4 is 5.78 Å². The van der Waals surface area contributed by atoms with E-state index in [9.17, 15) is 27.9 Å². The number of ketones is 1. The Kier molecular flexibility index (Phi) is 5.34. The fourth-order valence-corrected chi connectivity index (χ4v) is 8.40. The van der Waals surface area contributed by atoms with Crippen LogP contribution in [0, 0.1) is 40.9 Å². The van der Waals surface area contributed by atoms with E-state index in [0.29, 0.717) is 40.7 Å². The van der Waals surface area contributed by atoms with Crippen molar-refractivity contribution in [3.8, 4) is 0 Å². The van der Waals surface area contributed by atoms with Gasteiger partial charge in [-0.2, -0.15) is 4.68 Å². The predicted molar refractivity (Wildman–Crippen MR) is 112 cm³/mol. The first kappa shape index (κ1) is 23.1. The third-order valence-electron chi connectivity index (χ3n) is 9.81. The minimum absolute atomic E-state index is 0.186. The van der Waals surface area contributed by atoms with Gasteiger partial charge in [0.2, 0.25) is 0 Å². The number of carbonyl (C=O) groups excluding carboxylic acids is 1. The molecule has 0 spiro atoms. The lowest BCUT2D eigenvalue weighted by atomic mass is 9.49. The molecule has 0 radical (unpaired) electrons. The highest BCUT2D eigenvalue weighted by Gasteiger charge is 2.58. The molecule has 10 heteroatoms. The molecule has 5 rings (SSSR count). The number of Topliss-reactive ketones (excluding diaryl/α,β-unsaturated/α-hetero) is 1. The largest absolute Gasteiger partial charge is 0.510 e. The normalized spacial score (nSPS) is 43.0. The summed E-state index contributed by atoms with van der Waals surface area (Å²) in [5, 5.41) is 16.7. The van der Waals surface area contributed by atoms with Gasteiger partial charge in [-0.25, -0.2) is 4.79 Å². The van der Waals surface area contributed by atoms with Crippen LogP contribution in [0.4, 0.5) is 13.2 Å². The van der Waals surface area contributed by atoms with Gasteiger partial charge in [-0.1, -0.05) is 11.6 Å². The molecule has 0 bridgehead atoms. The van der Waals surface area contributed by atoms with Crippen LogP contribution in [0.25, 0.3) is 0 Å². The first-order valence-corrected chi connectivity index (χ1v) is 12.3. The molecule has 0 aromatic carbocycles. The van der Waals surface area contributed by atoms with E-state index in [4.69, 9.17) is 0 Å². The zero-order valence-electron chi connectivity index (χ0n) is 19.2. The number of aliphatic hydroxyl groups is 1. The van der Waals surface area contributed by atoms with Gasteiger partial charge in [0.15, 0.2) is 5.78 Å². The van der Waals surface area contributed by atoms with E-state index >= 15 is 0 Å². The Morgan fingerprint density at radius 2 is 1.76 bits per heavy atom. The molecule has 1 aromatic rings. The summed E-state index contributed by atoms with van der Waals surface area (Å²) in [7, 11) is 0. The monoisotopic (exact) mass is 470 g/mol. The van der Waals surface area contributed by atoms with Crippen molar-refractivity contribution in [1.82, 2.24) is 19.8 Å². The van der Waals surface area contributed by atoms with Crippen molar-refractivity contribution < 1.29 is 23.1 Å². The van der Waals surface area contributed by atoms with Crippen LogP contribution in [0.5, 0.6) is 0 Å². The second kappa shape index (κ2) is 7.65. The Balaban J connectivity index is 1.31. The fourth-order valence-electron chi connectivity index (χ4n) is 8.40. The Bertz CT molecular complexity index is 986. The zero-order chi connectivity index (χ0) is 23.8. The number of nitrogens with zero attached hydrogens (tertiary/aromatic N) is 4. The van der Waals surface area contributed by atoms with Gasteiger partial charge in [0, 0.05) is 5.92 Å². The quantitative estimate of drug-likeness (QED) is 0.730. The first-order valence-electron chi connectivity index (χ1n) is 12.3. The van der Waals surface area contributed by atoms with Gasteiger partial charge >= 0.3 is 12.0 Å². The standard InChI is InChI=1S/C23H33F3N4O3/c1-21(33)9-7-14-13(11-21)3-4-16-15(14)8-10-22(2)17(16)5-6-18(22)19(31)12-29-20(32)30(28-27-29)23(24,25)26/h13-18,33H,3-12H2,1-2H3/t13-,14+,15-,16-,17+,18-,21-,22+/m1/s1. The van der Waals surface area contributed by atoms with Crippen molar-refractivity contribution in [3.63, 3.8) is 0 Å². The van der Waals surface area contributed by atoms with Gasteiger partial charge in [0.25, 0.3) is 0 Å². The number of alkyl halides is 3. The number of aromatic nitrogens is 4. The molecule has 1 aromatic heterocycles. The van der Waals surface area contributed by atoms with Crippen LogP contribution < -0.4 is 5.69 Å². The van der Waals surface area contributed by atoms with E-state index in [1.54, 1.807) is 0 Å². The lowest BCUT2D eigenvalue weighted by Gasteiger charge is -2.56. The van der Waals surface area contributed by atoms with Gasteiger partial charge in [0.05, 0.1) is 5.60 Å². The SMILES string of the molecule is C[C@@]1(O)CC[C@H]2[C@H](CC[C@@H]3[C@@H]2CC[C@]2(C)[C@@H](C(=O)Cn4nnn(C(F)(F)F)c4=O)CC[C@@H]32)C1. The van der Waals surface area contributed by atoms with Crippen LogP contribution in [0.2, 0.25) is 0 Å². The minimum atomic E-state index is -4.95. The molecule has 1 heterocycles. The summed E-state index contributed by atoms with van der Waals surface area (Å²) < 4.78 is 38.5. The average molecular weight is 471 g/mol. The van der Waals surface area contributed by atoms with Crippen LogP contribution in [0.15, 0.2) is 4.79 Å².